The summed E-state index contributed by atoms with van der Waals surface area (Å²) < 4.78 is 27.5. The van der Waals surface area contributed by atoms with Crippen LogP contribution in [-0.2, 0) is 23.7 Å². The summed E-state index contributed by atoms with van der Waals surface area (Å²) in [7, 11) is 1.66. The molecule has 0 bridgehead atoms. The Kier molecular flexibility index (Phi) is 14.0. The van der Waals surface area contributed by atoms with Crippen molar-refractivity contribution in [1.29, 1.82) is 0 Å². The molecule has 0 rings (SSSR count). The molecule has 0 aliphatic heterocycles. The average molecular weight is 336 g/mol. The predicted octanol–water partition coefficient (Wildman–Crippen LogP) is 2.02. The molecule has 6 nitrogen and oxygen atoms in total. The normalized spacial score (nSPS) is 18.4. The van der Waals surface area contributed by atoms with E-state index in [0.29, 0.717) is 39.5 Å². The molecular weight excluding hydrogens is 300 g/mol. The van der Waals surface area contributed by atoms with E-state index in [-0.39, 0.29) is 24.4 Å². The Hall–Kier alpha value is -0.240. The van der Waals surface area contributed by atoms with E-state index in [9.17, 15) is 5.11 Å². The van der Waals surface area contributed by atoms with E-state index < -0.39 is 6.10 Å². The van der Waals surface area contributed by atoms with Crippen molar-refractivity contribution in [3.63, 3.8) is 0 Å². The highest BCUT2D eigenvalue weighted by molar-refractivity contribution is 4.57. The summed E-state index contributed by atoms with van der Waals surface area (Å²) in [5, 5.41) is 9.45. The lowest BCUT2D eigenvalue weighted by molar-refractivity contribution is -0.0955. The fourth-order valence-corrected chi connectivity index (χ4v) is 1.72. The summed E-state index contributed by atoms with van der Waals surface area (Å²) in [4.78, 5) is 0. The van der Waals surface area contributed by atoms with Gasteiger partial charge in [-0.05, 0) is 34.1 Å². The number of aliphatic hydroxyl groups excluding tert-OH is 1. The van der Waals surface area contributed by atoms with E-state index in [1.54, 1.807) is 7.11 Å². The topological polar surface area (TPSA) is 66.4 Å². The summed E-state index contributed by atoms with van der Waals surface area (Å²) in [6.45, 7) is 12.2. The third kappa shape index (κ3) is 13.9. The minimum atomic E-state index is -0.403. The van der Waals surface area contributed by atoms with E-state index in [0.717, 1.165) is 0 Å². The molecule has 0 heterocycles. The summed E-state index contributed by atoms with van der Waals surface area (Å²) >= 11 is 0. The van der Waals surface area contributed by atoms with Gasteiger partial charge >= 0.3 is 0 Å². The Balaban J connectivity index is 3.67. The van der Waals surface area contributed by atoms with Crippen molar-refractivity contribution in [2.75, 3.05) is 40.1 Å². The molecule has 0 radical (unpaired) electrons. The van der Waals surface area contributed by atoms with Crippen LogP contribution >= 0.6 is 0 Å². The zero-order valence-electron chi connectivity index (χ0n) is 15.6. The highest BCUT2D eigenvalue weighted by Gasteiger charge is 2.12. The second kappa shape index (κ2) is 14.1. The molecule has 0 aromatic carbocycles. The lowest BCUT2D eigenvalue weighted by Gasteiger charge is -2.21. The van der Waals surface area contributed by atoms with E-state index in [1.807, 2.05) is 34.6 Å². The van der Waals surface area contributed by atoms with Crippen LogP contribution in [0.15, 0.2) is 0 Å². The maximum Gasteiger partial charge on any atom is 0.0781 e. The molecule has 0 saturated heterocycles. The zero-order chi connectivity index (χ0) is 17.7. The van der Waals surface area contributed by atoms with Crippen molar-refractivity contribution in [2.45, 2.75) is 71.6 Å². The Labute approximate surface area is 141 Å². The quantitative estimate of drug-likeness (QED) is 0.493. The number of methoxy groups -OCH3 is 1. The Morgan fingerprint density at radius 3 is 1.35 bits per heavy atom. The molecule has 23 heavy (non-hydrogen) atoms. The van der Waals surface area contributed by atoms with Gasteiger partial charge in [-0.1, -0.05) is 6.92 Å². The first-order valence-corrected chi connectivity index (χ1v) is 8.52. The molecule has 0 unspecified atom stereocenters. The molecule has 0 fully saturated rings. The Morgan fingerprint density at radius 2 is 1.00 bits per heavy atom. The van der Waals surface area contributed by atoms with Crippen LogP contribution < -0.4 is 0 Å². The third-order valence-corrected chi connectivity index (χ3v) is 3.29. The fourth-order valence-electron chi connectivity index (χ4n) is 1.72. The van der Waals surface area contributed by atoms with Gasteiger partial charge in [0, 0.05) is 7.11 Å². The molecule has 0 aromatic rings. The highest BCUT2D eigenvalue weighted by atomic mass is 16.6. The molecule has 0 aliphatic carbocycles. The van der Waals surface area contributed by atoms with E-state index in [1.165, 1.54) is 0 Å². The van der Waals surface area contributed by atoms with Crippen molar-refractivity contribution in [1.82, 2.24) is 0 Å². The van der Waals surface area contributed by atoms with Gasteiger partial charge in [-0.3, -0.25) is 0 Å². The number of rotatable bonds is 15. The molecule has 6 heteroatoms. The van der Waals surface area contributed by atoms with Crippen LogP contribution in [0.2, 0.25) is 0 Å². The molecule has 0 spiro atoms. The Bertz CT molecular complexity index is 263. The largest absolute Gasteiger partial charge is 0.391 e. The van der Waals surface area contributed by atoms with Crippen LogP contribution in [0.1, 0.15) is 41.0 Å². The van der Waals surface area contributed by atoms with Crippen LogP contribution in [0.25, 0.3) is 0 Å². The van der Waals surface area contributed by atoms with Gasteiger partial charge in [-0.15, -0.1) is 0 Å². The van der Waals surface area contributed by atoms with Gasteiger partial charge in [0.25, 0.3) is 0 Å². The van der Waals surface area contributed by atoms with Gasteiger partial charge in [0.1, 0.15) is 0 Å². The molecule has 0 saturated carbocycles. The van der Waals surface area contributed by atoms with Crippen molar-refractivity contribution < 1.29 is 28.8 Å². The van der Waals surface area contributed by atoms with Gasteiger partial charge in [0.2, 0.25) is 0 Å². The first kappa shape index (κ1) is 22.8. The molecule has 1 N–H and O–H groups in total. The molecule has 5 atom stereocenters. The Morgan fingerprint density at radius 1 is 0.652 bits per heavy atom. The lowest BCUT2D eigenvalue weighted by atomic mass is 10.3. The summed E-state index contributed by atoms with van der Waals surface area (Å²) in [6, 6.07) is 0. The highest BCUT2D eigenvalue weighted by Crippen LogP contribution is 2.03. The molecule has 0 amide bonds. The molecule has 140 valence electrons. The maximum atomic E-state index is 9.45. The molecular formula is C17H36O6. The predicted molar refractivity (Wildman–Crippen MR) is 89.8 cm³/mol. The van der Waals surface area contributed by atoms with Crippen molar-refractivity contribution in [2.24, 2.45) is 0 Å². The van der Waals surface area contributed by atoms with E-state index >= 15 is 0 Å². The van der Waals surface area contributed by atoms with Crippen LogP contribution in [-0.4, -0.2) is 75.8 Å². The second-order valence-corrected chi connectivity index (χ2v) is 6.09. The maximum absolute atomic E-state index is 9.45. The first-order chi connectivity index (χ1) is 10.9. The van der Waals surface area contributed by atoms with E-state index in [4.69, 9.17) is 23.7 Å². The van der Waals surface area contributed by atoms with Crippen LogP contribution in [0, 0.1) is 0 Å². The van der Waals surface area contributed by atoms with Crippen LogP contribution in [0.4, 0.5) is 0 Å². The number of hydrogen-bond acceptors (Lipinski definition) is 6. The average Bonchev–Trinajstić information content (AvgIpc) is 2.54. The summed E-state index contributed by atoms with van der Waals surface area (Å²) in [5.74, 6) is 0. The van der Waals surface area contributed by atoms with Crippen LogP contribution in [0.3, 0.4) is 0 Å². The van der Waals surface area contributed by atoms with Gasteiger partial charge in [0.05, 0.1) is 63.6 Å². The van der Waals surface area contributed by atoms with Crippen molar-refractivity contribution in [3.05, 3.63) is 0 Å². The minimum absolute atomic E-state index is 0.00808. The minimum Gasteiger partial charge on any atom is -0.391 e. The number of hydrogen-bond donors (Lipinski definition) is 1. The number of ether oxygens (including phenoxy) is 5. The summed E-state index contributed by atoms with van der Waals surface area (Å²) in [6.07, 6.45) is 0.301. The summed E-state index contributed by atoms with van der Waals surface area (Å²) in [5.41, 5.74) is 0. The first-order valence-electron chi connectivity index (χ1n) is 8.52. The third-order valence-electron chi connectivity index (χ3n) is 3.29. The van der Waals surface area contributed by atoms with Gasteiger partial charge in [0.15, 0.2) is 0 Å². The zero-order valence-corrected chi connectivity index (χ0v) is 15.6. The fraction of sp³-hybridized carbons (Fsp3) is 1.00. The van der Waals surface area contributed by atoms with Gasteiger partial charge in [-0.2, -0.15) is 0 Å². The number of aliphatic hydroxyl groups is 1. The van der Waals surface area contributed by atoms with E-state index in [2.05, 4.69) is 0 Å². The standard InChI is InChI=1S/C17H36O6/c1-7-17(18)12-23-16(5)11-22-15(4)10-21-14(3)9-20-13(2)8-19-6/h13-18H,7-12H2,1-6H3/t13-,14-,15-,16-,17-/m0/s1. The monoisotopic (exact) mass is 336 g/mol. The van der Waals surface area contributed by atoms with Gasteiger partial charge < -0.3 is 28.8 Å². The molecule has 0 aromatic heterocycles. The lowest BCUT2D eigenvalue weighted by Crippen LogP contribution is -2.29. The van der Waals surface area contributed by atoms with Crippen LogP contribution in [0.5, 0.6) is 0 Å². The van der Waals surface area contributed by atoms with Crippen molar-refractivity contribution >= 4 is 0 Å². The molecule has 0 aliphatic rings. The van der Waals surface area contributed by atoms with Gasteiger partial charge in [-0.25, -0.2) is 0 Å². The van der Waals surface area contributed by atoms with Crippen molar-refractivity contribution in [3.8, 4) is 0 Å². The smallest absolute Gasteiger partial charge is 0.0781 e. The second-order valence-electron chi connectivity index (χ2n) is 6.09. The SMILES string of the molecule is CC[C@H](O)CO[C@@H](C)CO[C@@H](C)CO[C@@H](C)CO[C@@H](C)COC.